The quantitative estimate of drug-likeness (QED) is 0.619. The summed E-state index contributed by atoms with van der Waals surface area (Å²) >= 11 is 0. The fourth-order valence-electron chi connectivity index (χ4n) is 2.24. The third-order valence-corrected chi connectivity index (χ3v) is 3.15. The molecular formula is C13H17N3. The van der Waals surface area contributed by atoms with Gasteiger partial charge in [0.05, 0.1) is 6.07 Å². The van der Waals surface area contributed by atoms with Gasteiger partial charge in [0, 0.05) is 25.2 Å². The molecule has 0 spiro atoms. The number of nitriles is 1. The number of nitrogen functional groups attached to an aromatic ring is 1. The van der Waals surface area contributed by atoms with Crippen molar-refractivity contribution in [1.82, 2.24) is 4.90 Å². The van der Waals surface area contributed by atoms with Gasteiger partial charge in [-0.25, -0.2) is 0 Å². The Kier molecular flexibility index (Phi) is 3.43. The highest BCUT2D eigenvalue weighted by Gasteiger charge is 2.17. The maximum absolute atomic E-state index is 8.51. The zero-order chi connectivity index (χ0) is 11.4. The Bertz CT molecular complexity index is 406. The van der Waals surface area contributed by atoms with E-state index in [9.17, 15) is 0 Å². The van der Waals surface area contributed by atoms with Crippen molar-refractivity contribution in [1.29, 1.82) is 5.26 Å². The Labute approximate surface area is 96.5 Å². The lowest BCUT2D eigenvalue weighted by Crippen LogP contribution is -2.31. The van der Waals surface area contributed by atoms with Gasteiger partial charge < -0.3 is 5.73 Å². The maximum atomic E-state index is 8.51. The van der Waals surface area contributed by atoms with Crippen LogP contribution in [0.3, 0.4) is 0 Å². The van der Waals surface area contributed by atoms with Crippen molar-refractivity contribution in [2.75, 3.05) is 18.8 Å². The Hall–Kier alpha value is -1.53. The normalized spacial score (nSPS) is 15.4. The molecule has 2 N–H and O–H groups in total. The summed E-state index contributed by atoms with van der Waals surface area (Å²) in [6.07, 6.45) is 2.68. The van der Waals surface area contributed by atoms with Crippen LogP contribution in [-0.2, 0) is 13.0 Å². The molecule has 3 heteroatoms. The second-order valence-corrected chi connectivity index (χ2v) is 4.27. The van der Waals surface area contributed by atoms with E-state index < -0.39 is 0 Å². The first-order valence-corrected chi connectivity index (χ1v) is 5.77. The number of hydrogen-bond donors (Lipinski definition) is 1. The minimum absolute atomic E-state index is 0.646. The molecule has 1 aromatic carbocycles. The number of nitrogens with zero attached hydrogens (tertiary/aromatic N) is 2. The van der Waals surface area contributed by atoms with Gasteiger partial charge in [-0.3, -0.25) is 4.90 Å². The predicted octanol–water partition coefficient (Wildman–Crippen LogP) is 1.93. The number of hydrogen-bond acceptors (Lipinski definition) is 3. The van der Waals surface area contributed by atoms with Crippen LogP contribution in [0.4, 0.5) is 5.69 Å². The van der Waals surface area contributed by atoms with Crippen LogP contribution in [0.1, 0.15) is 24.0 Å². The first-order chi connectivity index (χ1) is 7.81. The summed E-state index contributed by atoms with van der Waals surface area (Å²) in [5.74, 6) is 0. The van der Waals surface area contributed by atoms with Crippen LogP contribution in [0.5, 0.6) is 0 Å². The second kappa shape index (κ2) is 5.00. The Morgan fingerprint density at radius 2 is 2.31 bits per heavy atom. The Morgan fingerprint density at radius 1 is 1.44 bits per heavy atom. The monoisotopic (exact) mass is 215 g/mol. The molecule has 0 radical (unpaired) electrons. The first-order valence-electron chi connectivity index (χ1n) is 5.77. The molecule has 0 saturated carbocycles. The van der Waals surface area contributed by atoms with Crippen molar-refractivity contribution in [3.63, 3.8) is 0 Å². The smallest absolute Gasteiger partial charge is 0.0622 e. The summed E-state index contributed by atoms with van der Waals surface area (Å²) in [5, 5.41) is 8.51. The minimum Gasteiger partial charge on any atom is -0.398 e. The zero-order valence-electron chi connectivity index (χ0n) is 9.45. The largest absolute Gasteiger partial charge is 0.398 e. The van der Waals surface area contributed by atoms with Gasteiger partial charge in [-0.2, -0.15) is 5.26 Å². The molecule has 1 aromatic rings. The van der Waals surface area contributed by atoms with Crippen LogP contribution < -0.4 is 5.73 Å². The SMILES string of the molecule is N#CCCCN1CCc2cccc(N)c2C1. The van der Waals surface area contributed by atoms with Crippen molar-refractivity contribution in [2.24, 2.45) is 0 Å². The fraction of sp³-hybridized carbons (Fsp3) is 0.462. The standard InChI is InChI=1S/C13H17N3/c14-7-1-2-8-16-9-6-11-4-3-5-13(15)12(11)10-16/h3-5H,1-2,6,8-10,15H2. The number of nitrogens with two attached hydrogens (primary N) is 1. The van der Waals surface area contributed by atoms with E-state index in [1.807, 2.05) is 12.1 Å². The zero-order valence-corrected chi connectivity index (χ0v) is 9.45. The first kappa shape index (κ1) is 11.0. The van der Waals surface area contributed by atoms with Crippen LogP contribution in [0.15, 0.2) is 18.2 Å². The molecule has 1 aliphatic heterocycles. The number of unbranched alkanes of at least 4 members (excludes halogenated alkanes) is 1. The van der Waals surface area contributed by atoms with E-state index >= 15 is 0 Å². The van der Waals surface area contributed by atoms with E-state index in [0.29, 0.717) is 6.42 Å². The Balaban J connectivity index is 2.00. The third-order valence-electron chi connectivity index (χ3n) is 3.15. The number of anilines is 1. The highest BCUT2D eigenvalue weighted by Crippen LogP contribution is 2.24. The fourth-order valence-corrected chi connectivity index (χ4v) is 2.24. The summed E-state index contributed by atoms with van der Waals surface area (Å²) in [5.41, 5.74) is 9.55. The summed E-state index contributed by atoms with van der Waals surface area (Å²) in [7, 11) is 0. The molecule has 0 amide bonds. The average Bonchev–Trinajstić information content (AvgIpc) is 2.30. The van der Waals surface area contributed by atoms with Gasteiger partial charge >= 0.3 is 0 Å². The average molecular weight is 215 g/mol. The van der Waals surface area contributed by atoms with Crippen molar-refractivity contribution in [3.05, 3.63) is 29.3 Å². The minimum atomic E-state index is 0.646. The predicted molar refractivity (Wildman–Crippen MR) is 64.7 cm³/mol. The molecule has 0 aliphatic carbocycles. The number of fused-ring (bicyclic) bond motifs is 1. The van der Waals surface area contributed by atoms with E-state index in [0.717, 1.165) is 38.2 Å². The summed E-state index contributed by atoms with van der Waals surface area (Å²) in [4.78, 5) is 2.38. The second-order valence-electron chi connectivity index (χ2n) is 4.27. The van der Waals surface area contributed by atoms with Crippen LogP contribution >= 0.6 is 0 Å². The third kappa shape index (κ3) is 2.34. The topological polar surface area (TPSA) is 53.0 Å². The molecule has 0 fully saturated rings. The molecule has 1 heterocycles. The van der Waals surface area contributed by atoms with Gasteiger partial charge in [-0.1, -0.05) is 12.1 Å². The lowest BCUT2D eigenvalue weighted by atomic mass is 9.98. The highest BCUT2D eigenvalue weighted by atomic mass is 15.1. The molecule has 0 bridgehead atoms. The molecule has 0 atom stereocenters. The van der Waals surface area contributed by atoms with Gasteiger partial charge in [0.2, 0.25) is 0 Å². The molecule has 0 saturated heterocycles. The molecule has 3 nitrogen and oxygen atoms in total. The number of rotatable bonds is 3. The van der Waals surface area contributed by atoms with Crippen LogP contribution in [-0.4, -0.2) is 18.0 Å². The van der Waals surface area contributed by atoms with Crippen molar-refractivity contribution < 1.29 is 0 Å². The van der Waals surface area contributed by atoms with E-state index in [2.05, 4.69) is 17.0 Å². The van der Waals surface area contributed by atoms with Gasteiger partial charge in [-0.05, 0) is 36.6 Å². The van der Waals surface area contributed by atoms with E-state index in [1.54, 1.807) is 0 Å². The Morgan fingerprint density at radius 3 is 3.12 bits per heavy atom. The molecule has 0 unspecified atom stereocenters. The van der Waals surface area contributed by atoms with Crippen LogP contribution in [0.2, 0.25) is 0 Å². The summed E-state index contributed by atoms with van der Waals surface area (Å²) < 4.78 is 0. The van der Waals surface area contributed by atoms with Gasteiger partial charge in [-0.15, -0.1) is 0 Å². The molecule has 0 aromatic heterocycles. The van der Waals surface area contributed by atoms with Crippen molar-refractivity contribution in [3.8, 4) is 6.07 Å². The lowest BCUT2D eigenvalue weighted by Gasteiger charge is -2.29. The molecule has 16 heavy (non-hydrogen) atoms. The summed E-state index contributed by atoms with van der Waals surface area (Å²) in [6, 6.07) is 8.35. The van der Waals surface area contributed by atoms with E-state index in [1.165, 1.54) is 11.1 Å². The summed E-state index contributed by atoms with van der Waals surface area (Å²) in [6.45, 7) is 3.02. The maximum Gasteiger partial charge on any atom is 0.0622 e. The van der Waals surface area contributed by atoms with E-state index in [-0.39, 0.29) is 0 Å². The lowest BCUT2D eigenvalue weighted by molar-refractivity contribution is 0.253. The van der Waals surface area contributed by atoms with Crippen molar-refractivity contribution >= 4 is 5.69 Å². The van der Waals surface area contributed by atoms with Crippen LogP contribution in [0, 0.1) is 11.3 Å². The highest BCUT2D eigenvalue weighted by molar-refractivity contribution is 5.51. The van der Waals surface area contributed by atoms with Crippen molar-refractivity contribution in [2.45, 2.75) is 25.8 Å². The van der Waals surface area contributed by atoms with Gasteiger partial charge in [0.1, 0.15) is 0 Å². The molecular weight excluding hydrogens is 198 g/mol. The molecule has 1 aliphatic rings. The molecule has 84 valence electrons. The van der Waals surface area contributed by atoms with Crippen LogP contribution in [0.25, 0.3) is 0 Å². The van der Waals surface area contributed by atoms with Gasteiger partial charge in [0.15, 0.2) is 0 Å². The van der Waals surface area contributed by atoms with Gasteiger partial charge in [0.25, 0.3) is 0 Å². The number of benzene rings is 1. The van der Waals surface area contributed by atoms with E-state index in [4.69, 9.17) is 11.0 Å². The molecule has 2 rings (SSSR count).